The number of nitrogens with one attached hydrogen (secondary N) is 4. The van der Waals surface area contributed by atoms with Crippen LogP contribution in [0, 0.1) is 0 Å². The molecule has 1 aromatic rings. The van der Waals surface area contributed by atoms with Crippen molar-refractivity contribution < 1.29 is 71.7 Å². The Bertz CT molecular complexity index is 1370. The van der Waals surface area contributed by atoms with Gasteiger partial charge in [-0.2, -0.15) is 0 Å². The van der Waals surface area contributed by atoms with Crippen LogP contribution in [-0.4, -0.2) is 179 Å². The number of hydrogen-bond acceptors (Lipinski definition) is 16. The number of carbonyl (C=O) groups is 4. The van der Waals surface area contributed by atoms with E-state index in [9.17, 15) is 24.3 Å². The lowest BCUT2D eigenvalue weighted by atomic mass is 10.1. The largest absolute Gasteiger partial charge is 0.444 e. The topological polar surface area (TPSA) is 278 Å². The van der Waals surface area contributed by atoms with E-state index in [1.54, 1.807) is 45.0 Å². The first-order valence-electron chi connectivity index (χ1n) is 20.8. The number of azide groups is 1. The lowest BCUT2D eigenvalue weighted by molar-refractivity contribution is -0.133. The molecule has 22 nitrogen and oxygen atoms in total. The molecule has 62 heavy (non-hydrogen) atoms. The Balaban J connectivity index is 2.04. The monoisotopic (exact) mass is 887 g/mol. The van der Waals surface area contributed by atoms with E-state index >= 15 is 0 Å². The minimum absolute atomic E-state index is 0.137. The molecule has 0 aliphatic carbocycles. The minimum atomic E-state index is -0.914. The van der Waals surface area contributed by atoms with Crippen LogP contribution >= 0.6 is 0 Å². The molecule has 0 saturated carbocycles. The van der Waals surface area contributed by atoms with Crippen LogP contribution in [0.15, 0.2) is 29.4 Å². The quantitative estimate of drug-likeness (QED) is 0.0272. The molecule has 0 aliphatic rings. The number of benzene rings is 1. The molecule has 4 amide bonds. The predicted molar refractivity (Wildman–Crippen MR) is 225 cm³/mol. The number of alkyl carbamates (subject to hydrolysis) is 1. The van der Waals surface area contributed by atoms with Crippen LogP contribution in [0.1, 0.15) is 45.6 Å². The fraction of sp³-hybridized carbons (Fsp3) is 0.750. The Kier molecular flexibility index (Phi) is 34.7. The molecule has 0 radical (unpaired) electrons. The Hall–Kier alpha value is -4.19. The average molecular weight is 888 g/mol. The van der Waals surface area contributed by atoms with Crippen molar-refractivity contribution in [3.63, 3.8) is 0 Å². The highest BCUT2D eigenvalue weighted by Crippen LogP contribution is 2.12. The van der Waals surface area contributed by atoms with Crippen LogP contribution in [0.2, 0.25) is 0 Å². The summed E-state index contributed by atoms with van der Waals surface area (Å²) in [6.45, 7) is 11.8. The zero-order valence-electron chi connectivity index (χ0n) is 36.6. The molecule has 1 rings (SSSR count). The molecule has 5 N–H and O–H groups in total. The third-order valence-electron chi connectivity index (χ3n) is 7.68. The first-order valence-corrected chi connectivity index (χ1v) is 20.8. The summed E-state index contributed by atoms with van der Waals surface area (Å²) in [6, 6.07) is 5.72. The molecule has 1 aromatic carbocycles. The number of anilines is 1. The van der Waals surface area contributed by atoms with Crippen LogP contribution < -0.4 is 21.3 Å². The van der Waals surface area contributed by atoms with Gasteiger partial charge in [0.25, 0.3) is 0 Å². The number of amides is 4. The van der Waals surface area contributed by atoms with Gasteiger partial charge in [0.2, 0.25) is 17.7 Å². The molecule has 0 aromatic heterocycles. The maximum Gasteiger partial charge on any atom is 0.407 e. The van der Waals surface area contributed by atoms with E-state index in [4.69, 9.17) is 52.9 Å². The van der Waals surface area contributed by atoms with Gasteiger partial charge >= 0.3 is 6.09 Å². The number of aliphatic hydroxyl groups excluding tert-OH is 1. The lowest BCUT2D eigenvalue weighted by Gasteiger charge is -2.20. The maximum atomic E-state index is 13.1. The van der Waals surface area contributed by atoms with Gasteiger partial charge in [0.05, 0.1) is 112 Å². The number of ether oxygens (including phenoxy) is 10. The SMILES string of the molecule is CC(C)(C)OC(=O)NCCCCC(NC(=O)COCC(=O)NCCOCCOCCOCCOCCOCCOCCOCCOCCN=[N+]=[N-])C(=O)Nc1ccc(CO)cc1. The summed E-state index contributed by atoms with van der Waals surface area (Å²) in [5.41, 5.74) is 8.71. The highest BCUT2D eigenvalue weighted by atomic mass is 16.6. The third kappa shape index (κ3) is 35.4. The van der Waals surface area contributed by atoms with Gasteiger partial charge in [-0.15, -0.1) is 0 Å². The Morgan fingerprint density at radius 3 is 1.61 bits per heavy atom. The summed E-state index contributed by atoms with van der Waals surface area (Å²) in [7, 11) is 0. The van der Waals surface area contributed by atoms with Gasteiger partial charge in [-0.05, 0) is 63.3 Å². The average Bonchev–Trinajstić information content (AvgIpc) is 3.23. The number of unbranched alkanes of at least 4 members (excludes halogenated alkanes) is 1. The summed E-state index contributed by atoms with van der Waals surface area (Å²) in [5.74, 6) is -1.47. The first kappa shape index (κ1) is 55.8. The molecule has 1 atom stereocenters. The molecular formula is C40H69N7O15. The molecule has 0 saturated heterocycles. The van der Waals surface area contributed by atoms with Crippen LogP contribution in [0.5, 0.6) is 0 Å². The fourth-order valence-electron chi connectivity index (χ4n) is 4.75. The minimum Gasteiger partial charge on any atom is -0.444 e. The van der Waals surface area contributed by atoms with Crippen molar-refractivity contribution in [1.29, 1.82) is 0 Å². The molecule has 354 valence electrons. The summed E-state index contributed by atoms with van der Waals surface area (Å²) < 4.78 is 53.8. The second kappa shape index (κ2) is 38.5. The smallest absolute Gasteiger partial charge is 0.407 e. The van der Waals surface area contributed by atoms with Gasteiger partial charge in [-0.25, -0.2) is 4.79 Å². The van der Waals surface area contributed by atoms with E-state index in [0.29, 0.717) is 136 Å². The van der Waals surface area contributed by atoms with Crippen molar-refractivity contribution in [2.75, 3.05) is 144 Å². The second-order valence-corrected chi connectivity index (χ2v) is 14.1. The lowest BCUT2D eigenvalue weighted by Crippen LogP contribution is -2.45. The van der Waals surface area contributed by atoms with E-state index in [1.807, 2.05) is 0 Å². The zero-order valence-corrected chi connectivity index (χ0v) is 36.6. The van der Waals surface area contributed by atoms with Gasteiger partial charge in [0.15, 0.2) is 0 Å². The number of hydrogen-bond donors (Lipinski definition) is 5. The van der Waals surface area contributed by atoms with E-state index in [2.05, 4.69) is 31.3 Å². The summed E-state index contributed by atoms with van der Waals surface area (Å²) in [6.07, 6.45) is 0.762. The van der Waals surface area contributed by atoms with Gasteiger partial charge < -0.3 is 73.7 Å². The summed E-state index contributed by atoms with van der Waals surface area (Å²) in [4.78, 5) is 52.5. The van der Waals surface area contributed by atoms with E-state index in [0.717, 1.165) is 0 Å². The number of carbonyl (C=O) groups excluding carboxylic acids is 4. The summed E-state index contributed by atoms with van der Waals surface area (Å²) in [5, 5.41) is 23.4. The molecule has 0 heterocycles. The van der Waals surface area contributed by atoms with Crippen molar-refractivity contribution in [2.24, 2.45) is 5.11 Å². The first-order chi connectivity index (χ1) is 30.0. The predicted octanol–water partition coefficient (Wildman–Crippen LogP) is 1.87. The number of aliphatic hydroxyl groups is 1. The molecule has 0 bridgehead atoms. The molecule has 22 heteroatoms. The van der Waals surface area contributed by atoms with Crippen molar-refractivity contribution in [3.05, 3.63) is 40.3 Å². The van der Waals surface area contributed by atoms with Gasteiger partial charge in [0.1, 0.15) is 24.9 Å². The van der Waals surface area contributed by atoms with Crippen molar-refractivity contribution >= 4 is 29.5 Å². The van der Waals surface area contributed by atoms with Crippen molar-refractivity contribution in [3.8, 4) is 0 Å². The Labute approximate surface area is 364 Å². The van der Waals surface area contributed by atoms with Gasteiger partial charge in [-0.3, -0.25) is 14.4 Å². The molecule has 1 unspecified atom stereocenters. The van der Waals surface area contributed by atoms with E-state index in [1.165, 1.54) is 0 Å². The van der Waals surface area contributed by atoms with E-state index in [-0.39, 0.29) is 32.8 Å². The van der Waals surface area contributed by atoms with Crippen LogP contribution in [-0.2, 0) is 68.4 Å². The number of rotatable bonds is 40. The number of nitrogens with zero attached hydrogens (tertiary/aromatic N) is 3. The summed E-state index contributed by atoms with van der Waals surface area (Å²) >= 11 is 0. The molecule has 0 aliphatic heterocycles. The molecule has 0 fully saturated rings. The Morgan fingerprint density at radius 1 is 0.645 bits per heavy atom. The highest BCUT2D eigenvalue weighted by molar-refractivity contribution is 5.97. The standard InChI is InChI=1S/C40H69N7O15/c1-40(2,3)62-39(52)43-11-5-4-6-35(38(51)45-34-9-7-33(30-48)8-10-34)46-37(50)32-61-31-36(49)42-12-14-53-16-18-55-20-22-57-24-26-59-28-29-60-27-25-58-23-21-56-19-17-54-15-13-44-47-41/h7-10,35,48H,4-6,11-32H2,1-3H3,(H,42,49)(H,43,52)(H,45,51)(H,46,50). The third-order valence-corrected chi connectivity index (χ3v) is 7.68. The van der Waals surface area contributed by atoms with Crippen LogP contribution in [0.25, 0.3) is 10.4 Å². The van der Waals surface area contributed by atoms with Crippen molar-refractivity contribution in [2.45, 2.75) is 58.3 Å². The van der Waals surface area contributed by atoms with Crippen LogP contribution in [0.4, 0.5) is 10.5 Å². The normalized spacial score (nSPS) is 11.7. The maximum absolute atomic E-state index is 13.1. The van der Waals surface area contributed by atoms with Gasteiger partial charge in [0, 0.05) is 30.2 Å². The fourth-order valence-corrected chi connectivity index (χ4v) is 4.75. The van der Waals surface area contributed by atoms with Crippen LogP contribution in [0.3, 0.4) is 0 Å². The molecule has 0 spiro atoms. The molecular weight excluding hydrogens is 818 g/mol. The van der Waals surface area contributed by atoms with Crippen molar-refractivity contribution in [1.82, 2.24) is 16.0 Å². The second-order valence-electron chi connectivity index (χ2n) is 14.1. The van der Waals surface area contributed by atoms with E-state index < -0.39 is 42.1 Å². The Morgan fingerprint density at radius 2 is 1.13 bits per heavy atom. The zero-order chi connectivity index (χ0) is 45.4. The highest BCUT2D eigenvalue weighted by Gasteiger charge is 2.21. The van der Waals surface area contributed by atoms with Gasteiger partial charge in [-0.1, -0.05) is 17.2 Å².